The lowest BCUT2D eigenvalue weighted by Crippen LogP contribution is -2.28. The highest BCUT2D eigenvalue weighted by atomic mass is 35.5. The number of rotatable bonds is 7. The number of hydrogen-bond donors (Lipinski definition) is 2. The van der Waals surface area contributed by atoms with E-state index in [1.54, 1.807) is 48.5 Å². The lowest BCUT2D eigenvalue weighted by atomic mass is 10.1. The van der Waals surface area contributed by atoms with Gasteiger partial charge in [0.1, 0.15) is 11.5 Å². The maximum absolute atomic E-state index is 13.1. The number of amides is 2. The number of nitrogens with one attached hydrogen (secondary N) is 2. The van der Waals surface area contributed by atoms with Gasteiger partial charge < -0.3 is 25.2 Å². The van der Waals surface area contributed by atoms with Crippen LogP contribution in [0.5, 0.6) is 11.5 Å². The summed E-state index contributed by atoms with van der Waals surface area (Å²) in [6, 6.07) is 31.3. The average Bonchev–Trinajstić information content (AvgIpc) is 3.19. The lowest BCUT2D eigenvalue weighted by molar-refractivity contribution is 0.102. The van der Waals surface area contributed by atoms with Crippen molar-refractivity contribution in [2.75, 3.05) is 48.8 Å². The van der Waals surface area contributed by atoms with Crippen LogP contribution in [0.15, 0.2) is 103 Å². The van der Waals surface area contributed by atoms with Crippen LogP contribution in [0, 0.1) is 0 Å². The Morgan fingerprint density at radius 2 is 1.35 bits per heavy atom. The van der Waals surface area contributed by atoms with Gasteiger partial charge in [0.05, 0.1) is 11.3 Å². The molecular weight excluding hydrogens is 524 g/mol. The zero-order valence-electron chi connectivity index (χ0n) is 22.4. The monoisotopic (exact) mass is 556 g/mol. The first-order valence-electron chi connectivity index (χ1n) is 13.1. The molecule has 0 aromatic heterocycles. The van der Waals surface area contributed by atoms with Gasteiger partial charge in [0, 0.05) is 36.6 Å². The van der Waals surface area contributed by atoms with E-state index in [-0.39, 0.29) is 24.2 Å². The second kappa shape index (κ2) is 13.6. The summed E-state index contributed by atoms with van der Waals surface area (Å²) in [4.78, 5) is 30.8. The molecule has 7 nitrogen and oxygen atoms in total. The third-order valence-electron chi connectivity index (χ3n) is 6.73. The molecule has 0 saturated carbocycles. The molecule has 0 radical (unpaired) electrons. The van der Waals surface area contributed by atoms with Crippen LogP contribution in [0.2, 0.25) is 0 Å². The smallest absolute Gasteiger partial charge is 0.257 e. The minimum absolute atomic E-state index is 0. The predicted octanol–water partition coefficient (Wildman–Crippen LogP) is 6.55. The Kier molecular flexibility index (Phi) is 9.78. The van der Waals surface area contributed by atoms with E-state index in [2.05, 4.69) is 27.5 Å². The largest absolute Gasteiger partial charge is 0.457 e. The molecule has 1 aliphatic rings. The topological polar surface area (TPSA) is 73.9 Å². The van der Waals surface area contributed by atoms with E-state index in [0.29, 0.717) is 28.3 Å². The van der Waals surface area contributed by atoms with E-state index in [0.717, 1.165) is 44.0 Å². The van der Waals surface area contributed by atoms with Crippen molar-refractivity contribution in [2.24, 2.45) is 0 Å². The minimum Gasteiger partial charge on any atom is -0.457 e. The van der Waals surface area contributed by atoms with Crippen molar-refractivity contribution in [3.63, 3.8) is 0 Å². The Bertz CT molecular complexity index is 1410. The molecule has 2 N–H and O–H groups in total. The van der Waals surface area contributed by atoms with Gasteiger partial charge in [0.15, 0.2) is 0 Å². The third kappa shape index (κ3) is 7.40. The number of carbonyl (C=O) groups is 2. The molecule has 1 heterocycles. The molecule has 2 amide bonds. The number of likely N-dealkylation sites (N-methyl/N-ethyl adjacent to an activating group) is 1. The molecule has 206 valence electrons. The molecule has 4 aromatic carbocycles. The Balaban J connectivity index is 0.00000370. The van der Waals surface area contributed by atoms with E-state index in [9.17, 15) is 9.59 Å². The van der Waals surface area contributed by atoms with Crippen molar-refractivity contribution >= 4 is 41.3 Å². The van der Waals surface area contributed by atoms with Crippen molar-refractivity contribution in [1.82, 2.24) is 4.90 Å². The molecule has 0 atom stereocenters. The van der Waals surface area contributed by atoms with E-state index in [1.165, 1.54) is 0 Å². The Morgan fingerprint density at radius 1 is 0.675 bits per heavy atom. The fourth-order valence-electron chi connectivity index (χ4n) is 4.54. The third-order valence-corrected chi connectivity index (χ3v) is 6.73. The van der Waals surface area contributed by atoms with Crippen LogP contribution in [0.3, 0.4) is 0 Å². The van der Waals surface area contributed by atoms with Gasteiger partial charge in [-0.25, -0.2) is 0 Å². The first-order valence-corrected chi connectivity index (χ1v) is 13.1. The van der Waals surface area contributed by atoms with Crippen LogP contribution >= 0.6 is 12.4 Å². The Morgan fingerprint density at radius 3 is 2.10 bits per heavy atom. The van der Waals surface area contributed by atoms with E-state index >= 15 is 0 Å². The molecule has 5 rings (SSSR count). The van der Waals surface area contributed by atoms with Crippen molar-refractivity contribution in [1.29, 1.82) is 0 Å². The van der Waals surface area contributed by atoms with Gasteiger partial charge in [0.2, 0.25) is 0 Å². The van der Waals surface area contributed by atoms with Crippen LogP contribution in [-0.2, 0) is 0 Å². The molecule has 1 aliphatic heterocycles. The van der Waals surface area contributed by atoms with Gasteiger partial charge >= 0.3 is 0 Å². The molecule has 8 heteroatoms. The molecule has 0 spiro atoms. The fraction of sp³-hybridized carbons (Fsp3) is 0.188. The zero-order chi connectivity index (χ0) is 27.0. The number of carbonyl (C=O) groups excluding carboxylic acids is 2. The SMILES string of the molecule is CN1CCCN(c2ccc(C(=O)Nc3ccccc3C(=O)Nc3ccc(Oc4ccccc4)cc3)cc2)CC1.Cl. The number of halogens is 1. The van der Waals surface area contributed by atoms with Crippen molar-refractivity contribution in [3.8, 4) is 11.5 Å². The molecule has 1 fully saturated rings. The fourth-order valence-corrected chi connectivity index (χ4v) is 4.54. The second-order valence-corrected chi connectivity index (χ2v) is 9.58. The van der Waals surface area contributed by atoms with Gasteiger partial charge in [-0.3, -0.25) is 9.59 Å². The molecule has 40 heavy (non-hydrogen) atoms. The van der Waals surface area contributed by atoms with Crippen LogP contribution in [-0.4, -0.2) is 49.9 Å². The van der Waals surface area contributed by atoms with Crippen LogP contribution < -0.4 is 20.3 Å². The van der Waals surface area contributed by atoms with Crippen LogP contribution in [0.25, 0.3) is 0 Å². The highest BCUT2D eigenvalue weighted by Gasteiger charge is 2.16. The van der Waals surface area contributed by atoms with Gasteiger partial charge in [-0.2, -0.15) is 0 Å². The highest BCUT2D eigenvalue weighted by molar-refractivity contribution is 6.12. The normalized spacial score (nSPS) is 13.5. The Hall–Kier alpha value is -4.33. The van der Waals surface area contributed by atoms with Crippen molar-refractivity contribution in [3.05, 3.63) is 114 Å². The van der Waals surface area contributed by atoms with Gasteiger partial charge in [-0.15, -0.1) is 12.4 Å². The summed E-state index contributed by atoms with van der Waals surface area (Å²) in [5.74, 6) is 0.827. The standard InChI is InChI=1S/C32H32N4O3.ClH/c1-35-20-7-21-36(23-22-35)26-16-12-24(13-17-26)31(37)34-30-11-6-5-10-29(30)32(38)33-25-14-18-28(19-15-25)39-27-8-3-2-4-9-27;/h2-6,8-19H,7,20-23H2,1H3,(H,33,38)(H,34,37);1H. The second-order valence-electron chi connectivity index (χ2n) is 9.58. The quantitative estimate of drug-likeness (QED) is 0.270. The van der Waals surface area contributed by atoms with Crippen molar-refractivity contribution in [2.45, 2.75) is 6.42 Å². The summed E-state index contributed by atoms with van der Waals surface area (Å²) < 4.78 is 5.81. The molecular formula is C32H33ClN4O3. The number of benzene rings is 4. The minimum atomic E-state index is -0.316. The van der Waals surface area contributed by atoms with Crippen LogP contribution in [0.4, 0.5) is 17.1 Å². The average molecular weight is 557 g/mol. The number of nitrogens with zero attached hydrogens (tertiary/aromatic N) is 2. The molecule has 0 bridgehead atoms. The van der Waals surface area contributed by atoms with Crippen molar-refractivity contribution < 1.29 is 14.3 Å². The maximum Gasteiger partial charge on any atom is 0.257 e. The highest BCUT2D eigenvalue weighted by Crippen LogP contribution is 2.24. The predicted molar refractivity (Wildman–Crippen MR) is 163 cm³/mol. The first-order chi connectivity index (χ1) is 19.0. The summed E-state index contributed by atoms with van der Waals surface area (Å²) in [6.07, 6.45) is 1.11. The summed E-state index contributed by atoms with van der Waals surface area (Å²) in [6.45, 7) is 4.08. The summed E-state index contributed by atoms with van der Waals surface area (Å²) >= 11 is 0. The zero-order valence-corrected chi connectivity index (χ0v) is 23.2. The van der Waals surface area contributed by atoms with E-state index < -0.39 is 0 Å². The lowest BCUT2D eigenvalue weighted by Gasteiger charge is -2.23. The van der Waals surface area contributed by atoms with Gasteiger partial charge in [0.25, 0.3) is 11.8 Å². The Labute approximate surface area is 241 Å². The first kappa shape index (κ1) is 28.7. The number of hydrogen-bond acceptors (Lipinski definition) is 5. The van der Waals surface area contributed by atoms with E-state index in [4.69, 9.17) is 4.74 Å². The molecule has 0 aliphatic carbocycles. The molecule has 0 unspecified atom stereocenters. The molecule has 1 saturated heterocycles. The van der Waals surface area contributed by atoms with Crippen LogP contribution in [0.1, 0.15) is 27.1 Å². The maximum atomic E-state index is 13.1. The number of para-hydroxylation sites is 2. The summed E-state index contributed by atoms with van der Waals surface area (Å²) in [5, 5.41) is 5.80. The molecule has 4 aromatic rings. The number of anilines is 3. The summed E-state index contributed by atoms with van der Waals surface area (Å²) in [7, 11) is 2.15. The number of ether oxygens (including phenoxy) is 1. The summed E-state index contributed by atoms with van der Waals surface area (Å²) in [5.41, 5.74) is 3.10. The van der Waals surface area contributed by atoms with Gasteiger partial charge in [-0.05, 0) is 92.8 Å². The van der Waals surface area contributed by atoms with Gasteiger partial charge in [-0.1, -0.05) is 30.3 Å². The van der Waals surface area contributed by atoms with E-state index in [1.807, 2.05) is 54.6 Å².